The largest absolute Gasteiger partial charge is 0.405 e. The van der Waals surface area contributed by atoms with Gasteiger partial charge in [-0.05, 0) is 55.8 Å². The topological polar surface area (TPSA) is 49.9 Å². The van der Waals surface area contributed by atoms with Crippen LogP contribution >= 0.6 is 0 Å². The first-order valence-corrected chi connectivity index (χ1v) is 4.61. The Bertz CT molecular complexity index is 390. The van der Waals surface area contributed by atoms with E-state index in [2.05, 4.69) is 19.9 Å². The third-order valence-corrected chi connectivity index (χ3v) is 2.39. The molecule has 0 aliphatic rings. The molecule has 0 atom stereocenters. The van der Waals surface area contributed by atoms with Gasteiger partial charge in [0.1, 0.15) is 0 Å². The lowest BCUT2D eigenvalue weighted by Crippen LogP contribution is -2.01. The molecule has 0 saturated carbocycles. The Kier molecular flexibility index (Phi) is 3.07. The summed E-state index contributed by atoms with van der Waals surface area (Å²) in [7, 11) is 0. The van der Waals surface area contributed by atoms with Crippen molar-refractivity contribution in [3.63, 3.8) is 0 Å². The van der Waals surface area contributed by atoms with Crippen LogP contribution in [0.4, 0.5) is 0 Å². The molecule has 2 heteroatoms. The quantitative estimate of drug-likeness (QED) is 0.688. The fourth-order valence-corrected chi connectivity index (χ4v) is 1.44. The Morgan fingerprint density at radius 2 is 1.71 bits per heavy atom. The van der Waals surface area contributed by atoms with Crippen LogP contribution < -0.4 is 5.73 Å². The molecule has 0 aliphatic carbocycles. The highest BCUT2D eigenvalue weighted by Gasteiger charge is 2.04. The molecule has 1 aromatic carbocycles. The van der Waals surface area contributed by atoms with E-state index in [1.54, 1.807) is 6.08 Å². The van der Waals surface area contributed by atoms with Crippen molar-refractivity contribution < 1.29 is 0 Å². The molecule has 0 heterocycles. The maximum absolute atomic E-state index is 7.77. The lowest BCUT2D eigenvalue weighted by atomic mass is 9.98. The molecule has 0 saturated heterocycles. The first kappa shape index (κ1) is 10.5. The van der Waals surface area contributed by atoms with E-state index in [1.165, 1.54) is 17.3 Å². The van der Waals surface area contributed by atoms with Crippen LogP contribution in [0.1, 0.15) is 22.3 Å². The van der Waals surface area contributed by atoms with Gasteiger partial charge in [0.15, 0.2) is 0 Å². The fraction of sp³-hybridized carbons (Fsp3) is 0.250. The highest BCUT2D eigenvalue weighted by Crippen LogP contribution is 2.15. The molecule has 0 bridgehead atoms. The third kappa shape index (κ3) is 2.02. The molecule has 0 aromatic heterocycles. The van der Waals surface area contributed by atoms with E-state index in [-0.39, 0.29) is 0 Å². The van der Waals surface area contributed by atoms with Crippen LogP contribution in [0.3, 0.4) is 0 Å². The third-order valence-electron chi connectivity index (χ3n) is 2.39. The highest BCUT2D eigenvalue weighted by molar-refractivity contribution is 6.07. The molecule has 14 heavy (non-hydrogen) atoms. The summed E-state index contributed by atoms with van der Waals surface area (Å²) < 4.78 is 0. The summed E-state index contributed by atoms with van der Waals surface area (Å²) in [6.07, 6.45) is 3.01. The number of rotatable bonds is 2. The van der Waals surface area contributed by atoms with Crippen molar-refractivity contribution in [2.45, 2.75) is 20.8 Å². The molecular weight excluding hydrogens is 172 g/mol. The summed E-state index contributed by atoms with van der Waals surface area (Å²) in [5.41, 5.74) is 10.3. The predicted molar refractivity (Wildman–Crippen MR) is 60.8 cm³/mol. The standard InChI is InChI=1S/C12H16N2/c1-8-6-10(3)11(7-9(8)2)12(14)4-5-13/h4-7,14H,13H2,1-3H3/b5-4-,14-12?. The van der Waals surface area contributed by atoms with Gasteiger partial charge >= 0.3 is 0 Å². The van der Waals surface area contributed by atoms with Crippen molar-refractivity contribution >= 4 is 5.71 Å². The van der Waals surface area contributed by atoms with Crippen molar-refractivity contribution in [1.82, 2.24) is 0 Å². The molecule has 0 spiro atoms. The Hall–Kier alpha value is -1.57. The second-order valence-electron chi connectivity index (χ2n) is 3.52. The van der Waals surface area contributed by atoms with E-state index in [4.69, 9.17) is 11.1 Å². The van der Waals surface area contributed by atoms with E-state index in [1.807, 2.05) is 13.0 Å². The summed E-state index contributed by atoms with van der Waals surface area (Å²) >= 11 is 0. The van der Waals surface area contributed by atoms with E-state index in [0.717, 1.165) is 11.1 Å². The summed E-state index contributed by atoms with van der Waals surface area (Å²) in [5.74, 6) is 0. The zero-order valence-corrected chi connectivity index (χ0v) is 8.89. The zero-order chi connectivity index (χ0) is 10.7. The van der Waals surface area contributed by atoms with Gasteiger partial charge in [0.05, 0.1) is 5.71 Å². The first-order valence-electron chi connectivity index (χ1n) is 4.61. The molecule has 0 radical (unpaired) electrons. The van der Waals surface area contributed by atoms with Gasteiger partial charge in [-0.25, -0.2) is 0 Å². The average molecular weight is 188 g/mol. The normalized spacial score (nSPS) is 10.8. The maximum Gasteiger partial charge on any atom is 0.0629 e. The molecule has 1 rings (SSSR count). The number of nitrogens with one attached hydrogen (secondary N) is 1. The monoisotopic (exact) mass is 188 g/mol. The van der Waals surface area contributed by atoms with Crippen molar-refractivity contribution in [2.24, 2.45) is 5.73 Å². The molecule has 74 valence electrons. The number of hydrogen-bond donors (Lipinski definition) is 2. The lowest BCUT2D eigenvalue weighted by Gasteiger charge is -2.08. The van der Waals surface area contributed by atoms with Gasteiger partial charge in [-0.1, -0.05) is 6.07 Å². The van der Waals surface area contributed by atoms with Gasteiger partial charge in [0, 0.05) is 5.56 Å². The van der Waals surface area contributed by atoms with E-state index < -0.39 is 0 Å². The van der Waals surface area contributed by atoms with Crippen molar-refractivity contribution in [3.8, 4) is 0 Å². The molecule has 1 aromatic rings. The van der Waals surface area contributed by atoms with E-state index >= 15 is 0 Å². The van der Waals surface area contributed by atoms with Crippen LogP contribution in [-0.4, -0.2) is 5.71 Å². The molecule has 2 nitrogen and oxygen atoms in total. The fourth-order valence-electron chi connectivity index (χ4n) is 1.44. The van der Waals surface area contributed by atoms with E-state index in [0.29, 0.717) is 5.71 Å². The van der Waals surface area contributed by atoms with Gasteiger partial charge in [0.25, 0.3) is 0 Å². The SMILES string of the molecule is Cc1cc(C)c(C(=N)/C=C\N)cc1C. The Labute approximate surface area is 85.0 Å². The number of benzene rings is 1. The van der Waals surface area contributed by atoms with Gasteiger partial charge in [-0.3, -0.25) is 0 Å². The summed E-state index contributed by atoms with van der Waals surface area (Å²) in [5, 5.41) is 7.77. The molecule has 0 amide bonds. The minimum absolute atomic E-state index is 0.466. The Balaban J connectivity index is 3.22. The summed E-state index contributed by atoms with van der Waals surface area (Å²) in [6.45, 7) is 6.15. The molecule has 0 aliphatic heterocycles. The lowest BCUT2D eigenvalue weighted by molar-refractivity contribution is 1.28. The number of aryl methyl sites for hydroxylation is 3. The minimum Gasteiger partial charge on any atom is -0.405 e. The van der Waals surface area contributed by atoms with Crippen molar-refractivity contribution in [2.75, 3.05) is 0 Å². The van der Waals surface area contributed by atoms with Crippen molar-refractivity contribution in [3.05, 3.63) is 46.7 Å². The molecule has 3 N–H and O–H groups in total. The number of nitrogens with two attached hydrogens (primary N) is 1. The van der Waals surface area contributed by atoms with Crippen LogP contribution in [0.15, 0.2) is 24.4 Å². The predicted octanol–water partition coefficient (Wildman–Crippen LogP) is 2.45. The molecule has 0 unspecified atom stereocenters. The molecule has 0 fully saturated rings. The van der Waals surface area contributed by atoms with Crippen LogP contribution in [0.5, 0.6) is 0 Å². The van der Waals surface area contributed by atoms with Gasteiger partial charge in [-0.2, -0.15) is 0 Å². The first-order chi connectivity index (χ1) is 6.56. The van der Waals surface area contributed by atoms with Crippen LogP contribution in [-0.2, 0) is 0 Å². The summed E-state index contributed by atoms with van der Waals surface area (Å²) in [6, 6.07) is 4.14. The van der Waals surface area contributed by atoms with E-state index in [9.17, 15) is 0 Å². The van der Waals surface area contributed by atoms with Crippen LogP contribution in [0.2, 0.25) is 0 Å². The second-order valence-corrected chi connectivity index (χ2v) is 3.52. The summed E-state index contributed by atoms with van der Waals surface area (Å²) in [4.78, 5) is 0. The second kappa shape index (κ2) is 4.09. The minimum atomic E-state index is 0.466. The van der Waals surface area contributed by atoms with Gasteiger partial charge in [0.2, 0.25) is 0 Å². The van der Waals surface area contributed by atoms with Crippen LogP contribution in [0, 0.1) is 26.2 Å². The van der Waals surface area contributed by atoms with Gasteiger partial charge in [-0.15, -0.1) is 0 Å². The Morgan fingerprint density at radius 3 is 2.29 bits per heavy atom. The molecular formula is C12H16N2. The van der Waals surface area contributed by atoms with Gasteiger partial charge < -0.3 is 11.1 Å². The average Bonchev–Trinajstić information content (AvgIpc) is 2.11. The van der Waals surface area contributed by atoms with Crippen LogP contribution in [0.25, 0.3) is 0 Å². The maximum atomic E-state index is 7.77. The Morgan fingerprint density at radius 1 is 1.14 bits per heavy atom. The smallest absolute Gasteiger partial charge is 0.0629 e. The number of allylic oxidation sites excluding steroid dienone is 1. The highest BCUT2D eigenvalue weighted by atomic mass is 14.5. The number of hydrogen-bond acceptors (Lipinski definition) is 2. The van der Waals surface area contributed by atoms with Crippen molar-refractivity contribution in [1.29, 1.82) is 5.41 Å². The zero-order valence-electron chi connectivity index (χ0n) is 8.89.